The van der Waals surface area contributed by atoms with Gasteiger partial charge in [-0.2, -0.15) is 11.8 Å². The van der Waals surface area contributed by atoms with Crippen molar-refractivity contribution in [1.82, 2.24) is 0 Å². The Hall–Kier alpha value is -0.420. The van der Waals surface area contributed by atoms with Crippen molar-refractivity contribution in [2.45, 2.75) is 6.92 Å². The van der Waals surface area contributed by atoms with Crippen LogP contribution in [0.5, 0.6) is 0 Å². The van der Waals surface area contributed by atoms with E-state index in [-0.39, 0.29) is 6.61 Å². The van der Waals surface area contributed by atoms with E-state index in [0.29, 0.717) is 23.7 Å². The Morgan fingerprint density at radius 1 is 1.47 bits per heavy atom. The van der Waals surface area contributed by atoms with Gasteiger partial charge < -0.3 is 4.74 Å². The Morgan fingerprint density at radius 3 is 2.60 bits per heavy atom. The minimum Gasteiger partial charge on any atom is -0.461 e. The molecule has 86 valence electrons. The highest BCUT2D eigenvalue weighted by Crippen LogP contribution is 2.14. The smallest absolute Gasteiger partial charge is 0.461 e. The molecule has 1 atom stereocenters. The molecular weight excluding hydrogens is 239 g/mol. The van der Waals surface area contributed by atoms with E-state index < -0.39 is 14.2 Å². The number of thioether (sulfide) groups is 1. The SMILES string of the molecule is C=C(C)C(=O)OCCSCCO[P+](=O)O. The fraction of sp³-hybridized carbons (Fsp3) is 0.625. The van der Waals surface area contributed by atoms with E-state index in [9.17, 15) is 9.36 Å². The van der Waals surface area contributed by atoms with Crippen molar-refractivity contribution >= 4 is 26.0 Å². The van der Waals surface area contributed by atoms with Crippen LogP contribution >= 0.6 is 20.0 Å². The van der Waals surface area contributed by atoms with Crippen molar-refractivity contribution in [3.63, 3.8) is 0 Å². The predicted octanol–water partition coefficient (Wildman–Crippen LogP) is 1.51. The molecule has 0 aromatic carbocycles. The van der Waals surface area contributed by atoms with Crippen molar-refractivity contribution in [1.29, 1.82) is 0 Å². The molecule has 1 N–H and O–H groups in total. The number of hydrogen-bond acceptors (Lipinski definition) is 5. The maximum absolute atomic E-state index is 10.9. The Labute approximate surface area is 93.8 Å². The molecule has 15 heavy (non-hydrogen) atoms. The molecule has 0 aliphatic rings. The zero-order chi connectivity index (χ0) is 11.7. The van der Waals surface area contributed by atoms with Gasteiger partial charge in [0, 0.05) is 21.6 Å². The highest BCUT2D eigenvalue weighted by atomic mass is 32.2. The molecule has 0 aliphatic carbocycles. The first-order valence-electron chi connectivity index (χ1n) is 4.23. The molecule has 0 aromatic rings. The van der Waals surface area contributed by atoms with Gasteiger partial charge in [0.25, 0.3) is 0 Å². The lowest BCUT2D eigenvalue weighted by Crippen LogP contribution is -2.08. The van der Waals surface area contributed by atoms with Crippen LogP contribution in [0.25, 0.3) is 0 Å². The molecule has 0 aromatic heterocycles. The first-order valence-corrected chi connectivity index (χ1v) is 6.52. The van der Waals surface area contributed by atoms with Crippen LogP contribution in [0.1, 0.15) is 6.92 Å². The second kappa shape index (κ2) is 8.85. The monoisotopic (exact) mass is 253 g/mol. The van der Waals surface area contributed by atoms with Crippen LogP contribution in [0.4, 0.5) is 0 Å². The summed E-state index contributed by atoms with van der Waals surface area (Å²) in [7, 11) is -2.50. The van der Waals surface area contributed by atoms with Crippen molar-refractivity contribution in [3.8, 4) is 0 Å². The molecule has 0 radical (unpaired) electrons. The Balaban J connectivity index is 3.22. The largest absolute Gasteiger partial charge is 0.694 e. The fourth-order valence-electron chi connectivity index (χ4n) is 0.593. The standard InChI is InChI=1S/C8H13O5PS/c1-7(2)8(9)12-3-5-15-6-4-13-14(10)11/h1,3-6H2,2H3/p+1. The van der Waals surface area contributed by atoms with Gasteiger partial charge in [-0.1, -0.05) is 6.58 Å². The maximum Gasteiger partial charge on any atom is 0.694 e. The van der Waals surface area contributed by atoms with E-state index in [1.807, 2.05) is 0 Å². The molecule has 0 saturated heterocycles. The molecular formula is C8H14O5PS+. The van der Waals surface area contributed by atoms with Gasteiger partial charge in [0.05, 0.1) is 0 Å². The number of ether oxygens (including phenoxy) is 1. The molecule has 0 fully saturated rings. The van der Waals surface area contributed by atoms with Gasteiger partial charge in [-0.3, -0.25) is 0 Å². The van der Waals surface area contributed by atoms with Crippen molar-refractivity contribution in [2.24, 2.45) is 0 Å². The van der Waals surface area contributed by atoms with Crippen LogP contribution in [-0.4, -0.2) is 35.6 Å². The van der Waals surface area contributed by atoms with E-state index in [1.165, 1.54) is 11.8 Å². The average molecular weight is 253 g/mol. The van der Waals surface area contributed by atoms with Crippen molar-refractivity contribution in [2.75, 3.05) is 24.7 Å². The minimum absolute atomic E-state index is 0.213. The van der Waals surface area contributed by atoms with Gasteiger partial charge in [0.2, 0.25) is 0 Å². The third kappa shape index (κ3) is 9.87. The zero-order valence-electron chi connectivity index (χ0n) is 8.47. The molecule has 1 unspecified atom stereocenters. The van der Waals surface area contributed by atoms with Crippen LogP contribution < -0.4 is 0 Å². The third-order valence-corrected chi connectivity index (χ3v) is 2.55. The summed E-state index contributed by atoms with van der Waals surface area (Å²) in [6.07, 6.45) is 0. The molecule has 0 saturated carbocycles. The van der Waals surface area contributed by atoms with Gasteiger partial charge in [0.1, 0.15) is 13.2 Å². The van der Waals surface area contributed by atoms with Gasteiger partial charge >= 0.3 is 14.2 Å². The normalized spacial score (nSPS) is 10.9. The molecule has 0 bridgehead atoms. The van der Waals surface area contributed by atoms with Crippen LogP contribution in [0, 0.1) is 0 Å². The molecule has 0 amide bonds. The molecule has 0 rings (SSSR count). The lowest BCUT2D eigenvalue weighted by molar-refractivity contribution is -0.138. The van der Waals surface area contributed by atoms with E-state index in [1.54, 1.807) is 6.92 Å². The highest BCUT2D eigenvalue weighted by molar-refractivity contribution is 7.99. The van der Waals surface area contributed by atoms with Gasteiger partial charge in [-0.05, 0) is 6.92 Å². The summed E-state index contributed by atoms with van der Waals surface area (Å²) in [5.74, 6) is 0.821. The van der Waals surface area contributed by atoms with Crippen LogP contribution in [0.15, 0.2) is 12.2 Å². The van der Waals surface area contributed by atoms with E-state index in [4.69, 9.17) is 9.63 Å². The molecule has 0 heterocycles. The Bertz CT molecular complexity index is 243. The molecule has 5 nitrogen and oxygen atoms in total. The summed E-state index contributed by atoms with van der Waals surface area (Å²) in [5.41, 5.74) is 0.376. The topological polar surface area (TPSA) is 72.8 Å². The van der Waals surface area contributed by atoms with Crippen LogP contribution in [-0.2, 0) is 18.6 Å². The number of carbonyl (C=O) groups is 1. The van der Waals surface area contributed by atoms with E-state index in [2.05, 4.69) is 11.1 Å². The second-order valence-corrected chi connectivity index (χ2v) is 4.56. The van der Waals surface area contributed by atoms with Crippen LogP contribution in [0.3, 0.4) is 0 Å². The Kier molecular flexibility index (Phi) is 8.61. The summed E-state index contributed by atoms with van der Waals surface area (Å²) in [6.45, 7) is 5.55. The summed E-state index contributed by atoms with van der Waals surface area (Å²) in [6, 6.07) is 0. The third-order valence-electron chi connectivity index (χ3n) is 1.24. The summed E-state index contributed by atoms with van der Waals surface area (Å²) in [5, 5.41) is 0. The predicted molar refractivity (Wildman–Crippen MR) is 58.9 cm³/mol. The number of rotatable bonds is 8. The van der Waals surface area contributed by atoms with Gasteiger partial charge in [-0.25, -0.2) is 4.79 Å². The van der Waals surface area contributed by atoms with E-state index >= 15 is 0 Å². The quantitative estimate of drug-likeness (QED) is 0.306. The first-order chi connectivity index (χ1) is 7.04. The first kappa shape index (κ1) is 14.6. The summed E-state index contributed by atoms with van der Waals surface area (Å²) in [4.78, 5) is 19.2. The minimum atomic E-state index is -2.50. The number of hydrogen-bond donors (Lipinski definition) is 1. The molecule has 0 spiro atoms. The number of carbonyl (C=O) groups excluding carboxylic acids is 1. The van der Waals surface area contributed by atoms with E-state index in [0.717, 1.165) is 0 Å². The lowest BCUT2D eigenvalue weighted by atomic mass is 10.4. The highest BCUT2D eigenvalue weighted by Gasteiger charge is 2.10. The maximum atomic E-state index is 10.9. The fourth-order valence-corrected chi connectivity index (χ4v) is 1.57. The number of esters is 1. The van der Waals surface area contributed by atoms with Crippen molar-refractivity contribution < 1.29 is 23.5 Å². The summed E-state index contributed by atoms with van der Waals surface area (Å²) >= 11 is 1.48. The van der Waals surface area contributed by atoms with Gasteiger partial charge in [0.15, 0.2) is 0 Å². The summed E-state index contributed by atoms with van der Waals surface area (Å²) < 4.78 is 19.3. The Morgan fingerprint density at radius 2 is 2.07 bits per heavy atom. The van der Waals surface area contributed by atoms with Crippen LogP contribution in [0.2, 0.25) is 0 Å². The van der Waals surface area contributed by atoms with Crippen molar-refractivity contribution in [3.05, 3.63) is 12.2 Å². The second-order valence-electron chi connectivity index (χ2n) is 2.60. The molecule has 7 heteroatoms. The molecule has 0 aliphatic heterocycles. The zero-order valence-corrected chi connectivity index (χ0v) is 10.2. The van der Waals surface area contributed by atoms with Gasteiger partial charge in [-0.15, -0.1) is 9.42 Å². The average Bonchev–Trinajstić information content (AvgIpc) is 2.15. The lowest BCUT2D eigenvalue weighted by Gasteiger charge is -2.02.